The van der Waals surface area contributed by atoms with Gasteiger partial charge in [0.2, 0.25) is 0 Å². The maximum absolute atomic E-state index is 12.3. The van der Waals surface area contributed by atoms with Crippen LogP contribution in [0, 0.1) is 12.8 Å². The number of nitrogens with zero attached hydrogens (tertiary/aromatic N) is 1. The first-order chi connectivity index (χ1) is 11.7. The summed E-state index contributed by atoms with van der Waals surface area (Å²) in [6, 6.07) is 13.6. The molecule has 0 fully saturated rings. The third-order valence-electron chi connectivity index (χ3n) is 4.06. The minimum absolute atomic E-state index is 0.00273. The van der Waals surface area contributed by atoms with E-state index in [4.69, 9.17) is 0 Å². The summed E-state index contributed by atoms with van der Waals surface area (Å²) >= 11 is 0. The smallest absolute Gasteiger partial charge is 0.267 e. The van der Waals surface area contributed by atoms with Gasteiger partial charge in [-0.1, -0.05) is 18.2 Å². The zero-order valence-electron chi connectivity index (χ0n) is 13.6. The maximum atomic E-state index is 12.3. The number of pyridine rings is 1. The molecule has 0 aliphatic rings. The molecule has 0 aliphatic carbocycles. The summed E-state index contributed by atoms with van der Waals surface area (Å²) in [7, 11) is 0. The lowest BCUT2D eigenvalue weighted by molar-refractivity contribution is 0.0935. The Balaban J connectivity index is 1.62. The van der Waals surface area contributed by atoms with Crippen molar-refractivity contribution in [3.05, 3.63) is 65.6 Å². The van der Waals surface area contributed by atoms with E-state index in [0.29, 0.717) is 18.7 Å². The van der Waals surface area contributed by atoms with Crippen LogP contribution in [0.4, 0.5) is 0 Å². The highest BCUT2D eigenvalue weighted by atomic mass is 16.3. The van der Waals surface area contributed by atoms with E-state index in [2.05, 4.69) is 15.3 Å². The van der Waals surface area contributed by atoms with E-state index in [1.807, 2.05) is 49.4 Å². The number of rotatable bonds is 6. The Morgan fingerprint density at radius 3 is 2.92 bits per heavy atom. The van der Waals surface area contributed by atoms with Gasteiger partial charge in [0.25, 0.3) is 5.91 Å². The Labute approximate surface area is 140 Å². The van der Waals surface area contributed by atoms with Crippen molar-refractivity contribution in [1.29, 1.82) is 0 Å². The highest BCUT2D eigenvalue weighted by Gasteiger charge is 2.14. The van der Waals surface area contributed by atoms with Gasteiger partial charge in [-0.15, -0.1) is 0 Å². The van der Waals surface area contributed by atoms with Crippen LogP contribution in [-0.4, -0.2) is 34.1 Å². The molecule has 124 valence electrons. The summed E-state index contributed by atoms with van der Waals surface area (Å²) in [5, 5.41) is 13.4. The molecule has 0 radical (unpaired) electrons. The molecular weight excluding hydrogens is 302 g/mol. The fourth-order valence-corrected chi connectivity index (χ4v) is 2.71. The molecule has 0 saturated carbocycles. The molecule has 24 heavy (non-hydrogen) atoms. The molecule has 0 aliphatic heterocycles. The first-order valence-corrected chi connectivity index (χ1v) is 8.04. The van der Waals surface area contributed by atoms with Crippen LogP contribution in [0.5, 0.6) is 0 Å². The fraction of sp³-hybridized carbons (Fsp3) is 0.263. The molecule has 1 atom stereocenters. The first kappa shape index (κ1) is 16.2. The number of carbonyl (C=O) groups is 1. The topological polar surface area (TPSA) is 78.0 Å². The van der Waals surface area contributed by atoms with E-state index in [-0.39, 0.29) is 18.4 Å². The molecule has 0 bridgehead atoms. The second-order valence-electron chi connectivity index (χ2n) is 6.06. The molecule has 3 N–H and O–H groups in total. The number of H-pyrrole nitrogens is 1. The molecule has 2 heterocycles. The van der Waals surface area contributed by atoms with Gasteiger partial charge in [-0.2, -0.15) is 0 Å². The largest absolute Gasteiger partial charge is 0.396 e. The van der Waals surface area contributed by atoms with Gasteiger partial charge in [0.1, 0.15) is 5.69 Å². The fourth-order valence-electron chi connectivity index (χ4n) is 2.71. The number of benzene rings is 1. The molecular formula is C19H21N3O2. The SMILES string of the molecule is Cc1ccc2cc(C(=O)NCC(CO)Cc3ccccn3)[nH]c2c1. The number of fused-ring (bicyclic) bond motifs is 1. The van der Waals surface area contributed by atoms with E-state index in [9.17, 15) is 9.90 Å². The Hall–Kier alpha value is -2.66. The number of amides is 1. The molecule has 1 amide bonds. The van der Waals surface area contributed by atoms with Gasteiger partial charge in [0.15, 0.2) is 0 Å². The highest BCUT2D eigenvalue weighted by molar-refractivity contribution is 5.98. The number of aryl methyl sites for hydroxylation is 1. The van der Waals surface area contributed by atoms with Gasteiger partial charge in [0.05, 0.1) is 0 Å². The minimum Gasteiger partial charge on any atom is -0.396 e. The third-order valence-corrected chi connectivity index (χ3v) is 4.06. The van der Waals surface area contributed by atoms with Gasteiger partial charge in [0, 0.05) is 41.9 Å². The molecule has 0 saturated heterocycles. The second kappa shape index (κ2) is 7.27. The number of hydrogen-bond donors (Lipinski definition) is 3. The molecule has 2 aromatic heterocycles. The van der Waals surface area contributed by atoms with Crippen molar-refractivity contribution in [1.82, 2.24) is 15.3 Å². The van der Waals surface area contributed by atoms with Gasteiger partial charge >= 0.3 is 0 Å². The van der Waals surface area contributed by atoms with Crippen LogP contribution in [0.3, 0.4) is 0 Å². The van der Waals surface area contributed by atoms with Crippen molar-refractivity contribution in [3.63, 3.8) is 0 Å². The van der Waals surface area contributed by atoms with Crippen molar-refractivity contribution in [2.45, 2.75) is 13.3 Å². The number of aliphatic hydroxyl groups excluding tert-OH is 1. The van der Waals surface area contributed by atoms with E-state index in [1.165, 1.54) is 0 Å². The lowest BCUT2D eigenvalue weighted by atomic mass is 10.0. The Morgan fingerprint density at radius 2 is 2.17 bits per heavy atom. The van der Waals surface area contributed by atoms with Crippen molar-refractivity contribution < 1.29 is 9.90 Å². The zero-order chi connectivity index (χ0) is 16.9. The van der Waals surface area contributed by atoms with Crippen molar-refractivity contribution in [3.8, 4) is 0 Å². The van der Waals surface area contributed by atoms with Crippen LogP contribution in [0.25, 0.3) is 10.9 Å². The minimum atomic E-state index is -0.164. The molecule has 5 nitrogen and oxygen atoms in total. The molecule has 0 spiro atoms. The highest BCUT2D eigenvalue weighted by Crippen LogP contribution is 2.17. The lowest BCUT2D eigenvalue weighted by Crippen LogP contribution is -2.32. The van der Waals surface area contributed by atoms with Gasteiger partial charge in [-0.25, -0.2) is 0 Å². The van der Waals surface area contributed by atoms with Gasteiger partial charge in [-0.3, -0.25) is 9.78 Å². The van der Waals surface area contributed by atoms with Crippen LogP contribution >= 0.6 is 0 Å². The predicted octanol–water partition coefficient (Wildman–Crippen LogP) is 2.45. The normalized spacial score (nSPS) is 12.2. The maximum Gasteiger partial charge on any atom is 0.267 e. The van der Waals surface area contributed by atoms with E-state index < -0.39 is 0 Å². The average Bonchev–Trinajstić information content (AvgIpc) is 3.02. The molecule has 5 heteroatoms. The summed E-state index contributed by atoms with van der Waals surface area (Å²) < 4.78 is 0. The van der Waals surface area contributed by atoms with Gasteiger partial charge in [-0.05, 0) is 43.2 Å². The number of aromatic nitrogens is 2. The molecule has 3 rings (SSSR count). The number of nitrogens with one attached hydrogen (secondary N) is 2. The van der Waals surface area contributed by atoms with E-state index in [1.54, 1.807) is 6.20 Å². The number of aromatic amines is 1. The van der Waals surface area contributed by atoms with Crippen molar-refractivity contribution in [2.24, 2.45) is 5.92 Å². The summed E-state index contributed by atoms with van der Waals surface area (Å²) in [6.07, 6.45) is 2.36. The standard InChI is InChI=1S/C19H21N3O2/c1-13-5-6-15-10-18(22-17(15)8-13)19(24)21-11-14(12-23)9-16-4-2-3-7-20-16/h2-8,10,14,22-23H,9,11-12H2,1H3,(H,21,24). The number of aliphatic hydroxyl groups is 1. The van der Waals surface area contributed by atoms with Crippen LogP contribution in [0.2, 0.25) is 0 Å². The van der Waals surface area contributed by atoms with Crippen LogP contribution in [0.15, 0.2) is 48.7 Å². The van der Waals surface area contributed by atoms with E-state index >= 15 is 0 Å². The zero-order valence-corrected chi connectivity index (χ0v) is 13.6. The van der Waals surface area contributed by atoms with Crippen molar-refractivity contribution in [2.75, 3.05) is 13.2 Å². The van der Waals surface area contributed by atoms with Gasteiger partial charge < -0.3 is 15.4 Å². The van der Waals surface area contributed by atoms with Crippen LogP contribution in [0.1, 0.15) is 21.7 Å². The van der Waals surface area contributed by atoms with Crippen LogP contribution in [-0.2, 0) is 6.42 Å². The Morgan fingerprint density at radius 1 is 1.29 bits per heavy atom. The predicted molar refractivity (Wildman–Crippen MR) is 93.9 cm³/mol. The Kier molecular flexibility index (Phi) is 4.91. The number of carbonyl (C=O) groups excluding carboxylic acids is 1. The Bertz CT molecular complexity index is 827. The first-order valence-electron chi connectivity index (χ1n) is 8.04. The second-order valence-corrected chi connectivity index (χ2v) is 6.06. The lowest BCUT2D eigenvalue weighted by Gasteiger charge is -2.14. The number of hydrogen-bond acceptors (Lipinski definition) is 3. The quantitative estimate of drug-likeness (QED) is 0.652. The van der Waals surface area contributed by atoms with Crippen LogP contribution < -0.4 is 5.32 Å². The summed E-state index contributed by atoms with van der Waals surface area (Å²) in [5.41, 5.74) is 3.54. The third kappa shape index (κ3) is 3.81. The monoisotopic (exact) mass is 323 g/mol. The summed E-state index contributed by atoms with van der Waals surface area (Å²) in [5.74, 6) is -0.223. The average molecular weight is 323 g/mol. The molecule has 1 aromatic carbocycles. The summed E-state index contributed by atoms with van der Waals surface area (Å²) in [4.78, 5) is 19.7. The summed E-state index contributed by atoms with van der Waals surface area (Å²) in [6.45, 7) is 2.42. The molecule has 3 aromatic rings. The van der Waals surface area contributed by atoms with Crippen molar-refractivity contribution >= 4 is 16.8 Å². The van der Waals surface area contributed by atoms with E-state index in [0.717, 1.165) is 22.2 Å². The molecule has 1 unspecified atom stereocenters.